The van der Waals surface area contributed by atoms with E-state index in [1.165, 1.54) is 22.9 Å². The quantitative estimate of drug-likeness (QED) is 0.785. The average Bonchev–Trinajstić information content (AvgIpc) is 2.78. The fourth-order valence-electron chi connectivity index (χ4n) is 2.25. The smallest absolute Gasteiger partial charge is 0.285 e. The number of aromatic nitrogens is 2. The van der Waals surface area contributed by atoms with Gasteiger partial charge in [0.05, 0.1) is 10.6 Å². The Kier molecular flexibility index (Phi) is 3.94. The third kappa shape index (κ3) is 2.88. The highest BCUT2D eigenvalue weighted by atomic mass is 32.2. The Balaban J connectivity index is 1.98. The summed E-state index contributed by atoms with van der Waals surface area (Å²) < 4.78 is 1.60. The highest BCUT2D eigenvalue weighted by Gasteiger charge is 2.13. The summed E-state index contributed by atoms with van der Waals surface area (Å²) in [4.78, 5) is 14.5. The van der Waals surface area contributed by atoms with Gasteiger partial charge in [-0.3, -0.25) is 9.89 Å². The summed E-state index contributed by atoms with van der Waals surface area (Å²) >= 11 is 1.50. The Morgan fingerprint density at radius 2 is 1.41 bits per heavy atom. The zero-order valence-electron chi connectivity index (χ0n) is 12.9. The molecule has 0 aliphatic carbocycles. The Bertz CT molecular complexity index is 842. The van der Waals surface area contributed by atoms with Crippen LogP contribution in [0.25, 0.3) is 5.69 Å². The van der Waals surface area contributed by atoms with Crippen LogP contribution in [0.15, 0.2) is 63.1 Å². The van der Waals surface area contributed by atoms with E-state index >= 15 is 0 Å². The number of hydrogen-bond acceptors (Lipinski definition) is 2. The molecule has 0 aliphatic heterocycles. The van der Waals surface area contributed by atoms with Crippen molar-refractivity contribution in [2.75, 3.05) is 0 Å². The molecule has 1 heterocycles. The molecule has 3 aromatic rings. The maximum Gasteiger partial charge on any atom is 0.285 e. The predicted octanol–water partition coefficient (Wildman–Crippen LogP) is 4.24. The second-order valence-corrected chi connectivity index (χ2v) is 6.54. The largest absolute Gasteiger partial charge is 0.294 e. The van der Waals surface area contributed by atoms with Crippen molar-refractivity contribution in [3.8, 4) is 5.69 Å². The third-order valence-corrected chi connectivity index (χ3v) is 4.74. The number of benzene rings is 2. The maximum atomic E-state index is 12.7. The molecular formula is C18H18N2OS. The van der Waals surface area contributed by atoms with E-state index < -0.39 is 0 Å². The summed E-state index contributed by atoms with van der Waals surface area (Å²) in [6.45, 7) is 6.02. The van der Waals surface area contributed by atoms with Crippen LogP contribution in [0, 0.1) is 20.8 Å². The normalized spacial score (nSPS) is 10.9. The molecule has 1 N–H and O–H groups in total. The topological polar surface area (TPSA) is 37.8 Å². The minimum Gasteiger partial charge on any atom is -0.294 e. The molecule has 3 rings (SSSR count). The molecule has 1 aromatic heterocycles. The van der Waals surface area contributed by atoms with E-state index in [-0.39, 0.29) is 5.56 Å². The van der Waals surface area contributed by atoms with Gasteiger partial charge in [-0.25, -0.2) is 4.68 Å². The molecule has 0 unspecified atom stereocenters. The Labute approximate surface area is 134 Å². The Hall–Kier alpha value is -2.20. The summed E-state index contributed by atoms with van der Waals surface area (Å²) in [5, 5.41) is 3.16. The summed E-state index contributed by atoms with van der Waals surface area (Å²) in [6.07, 6.45) is 0. The molecule has 0 radical (unpaired) electrons. The lowest BCUT2D eigenvalue weighted by atomic mass is 10.2. The molecule has 0 amide bonds. The molecule has 0 aliphatic rings. The first-order valence-electron chi connectivity index (χ1n) is 7.18. The molecule has 0 atom stereocenters. The van der Waals surface area contributed by atoms with Gasteiger partial charge in [0.15, 0.2) is 0 Å². The molecule has 0 saturated carbocycles. The molecule has 112 valence electrons. The zero-order valence-corrected chi connectivity index (χ0v) is 13.7. The van der Waals surface area contributed by atoms with Gasteiger partial charge in [0.1, 0.15) is 0 Å². The van der Waals surface area contributed by atoms with E-state index in [1.54, 1.807) is 4.68 Å². The van der Waals surface area contributed by atoms with E-state index in [0.717, 1.165) is 21.2 Å². The lowest BCUT2D eigenvalue weighted by Gasteiger charge is -2.01. The van der Waals surface area contributed by atoms with Gasteiger partial charge in [-0.15, -0.1) is 0 Å². The van der Waals surface area contributed by atoms with E-state index in [1.807, 2.05) is 50.2 Å². The zero-order chi connectivity index (χ0) is 15.7. The van der Waals surface area contributed by atoms with Crippen LogP contribution in [-0.2, 0) is 0 Å². The standard InChI is InChI=1S/C18H18N2OS/c1-12-4-8-15(9-5-12)20-18(21)17(14(3)19-20)22-16-10-6-13(2)7-11-16/h4-11,19H,1-3H3. The van der Waals surface area contributed by atoms with Crippen LogP contribution in [0.3, 0.4) is 0 Å². The average molecular weight is 310 g/mol. The third-order valence-electron chi connectivity index (χ3n) is 3.55. The fourth-order valence-corrected chi connectivity index (χ4v) is 3.14. The summed E-state index contributed by atoms with van der Waals surface area (Å²) in [6, 6.07) is 16.1. The van der Waals surface area contributed by atoms with Crippen LogP contribution in [0.1, 0.15) is 16.8 Å². The number of hydrogen-bond donors (Lipinski definition) is 1. The number of nitrogens with zero attached hydrogens (tertiary/aromatic N) is 1. The van der Waals surface area contributed by atoms with Gasteiger partial charge in [0, 0.05) is 10.6 Å². The van der Waals surface area contributed by atoms with Crippen molar-refractivity contribution in [1.29, 1.82) is 0 Å². The summed E-state index contributed by atoms with van der Waals surface area (Å²) in [5.74, 6) is 0. The molecule has 0 fully saturated rings. The first-order valence-corrected chi connectivity index (χ1v) is 7.99. The van der Waals surface area contributed by atoms with E-state index in [0.29, 0.717) is 0 Å². The van der Waals surface area contributed by atoms with Gasteiger partial charge in [-0.1, -0.05) is 47.2 Å². The SMILES string of the molecule is Cc1ccc(Sc2c(C)[nH]n(-c3ccc(C)cc3)c2=O)cc1. The molecule has 22 heavy (non-hydrogen) atoms. The molecule has 0 spiro atoms. The van der Waals surface area contributed by atoms with Gasteiger partial charge in [-0.05, 0) is 45.0 Å². The number of aromatic amines is 1. The monoisotopic (exact) mass is 310 g/mol. The number of rotatable bonds is 3. The number of aryl methyl sites for hydroxylation is 3. The van der Waals surface area contributed by atoms with E-state index in [4.69, 9.17) is 0 Å². The van der Waals surface area contributed by atoms with Crippen LogP contribution >= 0.6 is 11.8 Å². The molecular weight excluding hydrogens is 292 g/mol. The molecule has 4 heteroatoms. The van der Waals surface area contributed by atoms with Crippen LogP contribution in [0.4, 0.5) is 0 Å². The van der Waals surface area contributed by atoms with Gasteiger partial charge in [0.2, 0.25) is 0 Å². The highest BCUT2D eigenvalue weighted by molar-refractivity contribution is 7.99. The minimum atomic E-state index is -0.00747. The van der Waals surface area contributed by atoms with Crippen LogP contribution in [-0.4, -0.2) is 9.78 Å². The van der Waals surface area contributed by atoms with Crippen molar-refractivity contribution < 1.29 is 0 Å². The maximum absolute atomic E-state index is 12.7. The van der Waals surface area contributed by atoms with Crippen LogP contribution in [0.2, 0.25) is 0 Å². The summed E-state index contributed by atoms with van der Waals surface area (Å²) in [7, 11) is 0. The highest BCUT2D eigenvalue weighted by Crippen LogP contribution is 2.27. The fraction of sp³-hybridized carbons (Fsp3) is 0.167. The molecule has 3 nitrogen and oxygen atoms in total. The van der Waals surface area contributed by atoms with Crippen molar-refractivity contribution in [2.24, 2.45) is 0 Å². The van der Waals surface area contributed by atoms with Gasteiger partial charge in [-0.2, -0.15) is 0 Å². The lowest BCUT2D eigenvalue weighted by molar-refractivity contribution is 0.834. The second-order valence-electron chi connectivity index (χ2n) is 5.46. The van der Waals surface area contributed by atoms with E-state index in [9.17, 15) is 4.79 Å². The van der Waals surface area contributed by atoms with Gasteiger partial charge < -0.3 is 0 Å². The summed E-state index contributed by atoms with van der Waals surface area (Å²) in [5.41, 5.74) is 4.12. The van der Waals surface area contributed by atoms with Crippen molar-refractivity contribution in [1.82, 2.24) is 9.78 Å². The van der Waals surface area contributed by atoms with Gasteiger partial charge >= 0.3 is 0 Å². The number of H-pyrrole nitrogens is 1. The number of nitrogens with one attached hydrogen (secondary N) is 1. The predicted molar refractivity (Wildman–Crippen MR) is 91.2 cm³/mol. The van der Waals surface area contributed by atoms with Crippen molar-refractivity contribution in [3.63, 3.8) is 0 Å². The first kappa shape index (κ1) is 14.7. The Morgan fingerprint density at radius 1 is 0.864 bits per heavy atom. The molecule has 0 saturated heterocycles. The molecule has 2 aromatic carbocycles. The van der Waals surface area contributed by atoms with Crippen molar-refractivity contribution in [2.45, 2.75) is 30.6 Å². The van der Waals surface area contributed by atoms with Crippen molar-refractivity contribution >= 4 is 11.8 Å². The van der Waals surface area contributed by atoms with E-state index in [2.05, 4.69) is 24.2 Å². The lowest BCUT2D eigenvalue weighted by Crippen LogP contribution is -2.15. The van der Waals surface area contributed by atoms with Crippen molar-refractivity contribution in [3.05, 3.63) is 75.7 Å². The minimum absolute atomic E-state index is 0.00747. The van der Waals surface area contributed by atoms with Crippen LogP contribution < -0.4 is 5.56 Å². The Morgan fingerprint density at radius 3 is 2.00 bits per heavy atom. The molecule has 0 bridgehead atoms. The van der Waals surface area contributed by atoms with Gasteiger partial charge in [0.25, 0.3) is 5.56 Å². The first-order chi connectivity index (χ1) is 10.5. The second kappa shape index (κ2) is 5.89. The van der Waals surface area contributed by atoms with Crippen LogP contribution in [0.5, 0.6) is 0 Å².